The fraction of sp³-hybridized carbons (Fsp3) is 0.344. The van der Waals surface area contributed by atoms with Gasteiger partial charge in [-0.3, -0.25) is 9.80 Å². The Morgan fingerprint density at radius 3 is 1.84 bits per heavy atom. The Bertz CT molecular complexity index is 1170. The molecule has 0 unspecified atom stereocenters. The van der Waals surface area contributed by atoms with Gasteiger partial charge in [0.25, 0.3) is 0 Å². The first-order chi connectivity index (χ1) is 18.2. The summed E-state index contributed by atoms with van der Waals surface area (Å²) in [6.45, 7) is 6.56. The number of hydrogen-bond acceptors (Lipinski definition) is 4. The predicted octanol–water partition coefficient (Wildman–Crippen LogP) is 6.48. The van der Waals surface area contributed by atoms with Crippen molar-refractivity contribution in [3.8, 4) is 0 Å². The standard InChI is InChI=1S/C32H37FN2O3/c1-32(2,3)38-31(37)35-20-19-27(33)29(35)30(36)28(21-24-13-7-4-8-14-24)34(22-25-15-9-5-10-16-25)23-26-17-11-6-12-18-26/h4-18,28,30,36H,19-23H2,1-3H3/t28-,30-/m0/s1. The van der Waals surface area contributed by atoms with Crippen molar-refractivity contribution < 1.29 is 19.0 Å². The van der Waals surface area contributed by atoms with E-state index in [2.05, 4.69) is 4.90 Å². The SMILES string of the molecule is CC(C)(C)OC(=O)N1CCC(F)=C1[C@@H](O)[C@H](Cc1ccccc1)N(Cc1ccccc1)Cc1ccccc1. The molecule has 2 atom stereocenters. The van der Waals surface area contributed by atoms with Gasteiger partial charge in [0.1, 0.15) is 17.5 Å². The monoisotopic (exact) mass is 516 g/mol. The molecule has 0 aromatic heterocycles. The molecule has 1 N–H and O–H groups in total. The van der Waals surface area contributed by atoms with Gasteiger partial charge in [0.15, 0.2) is 0 Å². The summed E-state index contributed by atoms with van der Waals surface area (Å²) < 4.78 is 20.9. The summed E-state index contributed by atoms with van der Waals surface area (Å²) in [6, 6.07) is 29.5. The van der Waals surface area contributed by atoms with Crippen LogP contribution in [0.2, 0.25) is 0 Å². The van der Waals surface area contributed by atoms with E-state index < -0.39 is 29.7 Å². The van der Waals surface area contributed by atoms with Gasteiger partial charge in [-0.25, -0.2) is 9.18 Å². The summed E-state index contributed by atoms with van der Waals surface area (Å²) in [6.07, 6.45) is -1.37. The van der Waals surface area contributed by atoms with E-state index in [1.165, 1.54) is 4.90 Å². The molecule has 1 heterocycles. The molecule has 0 saturated carbocycles. The van der Waals surface area contributed by atoms with E-state index in [1.807, 2.05) is 91.0 Å². The van der Waals surface area contributed by atoms with E-state index in [0.29, 0.717) is 19.5 Å². The third-order valence-electron chi connectivity index (χ3n) is 6.60. The Morgan fingerprint density at radius 2 is 1.37 bits per heavy atom. The molecule has 6 heteroatoms. The van der Waals surface area contributed by atoms with Crippen LogP contribution < -0.4 is 0 Å². The Labute approximate surface area is 225 Å². The lowest BCUT2D eigenvalue weighted by molar-refractivity contribution is 0.0155. The number of hydrogen-bond donors (Lipinski definition) is 1. The zero-order valence-electron chi connectivity index (χ0n) is 22.4. The van der Waals surface area contributed by atoms with Crippen LogP contribution in [0.3, 0.4) is 0 Å². The second kappa shape index (κ2) is 12.4. The van der Waals surface area contributed by atoms with Gasteiger partial charge in [0.05, 0.1) is 5.70 Å². The van der Waals surface area contributed by atoms with Crippen molar-refractivity contribution in [2.75, 3.05) is 6.54 Å². The average molecular weight is 517 g/mol. The quantitative estimate of drug-likeness (QED) is 0.354. The van der Waals surface area contributed by atoms with E-state index in [4.69, 9.17) is 4.74 Å². The van der Waals surface area contributed by atoms with Crippen molar-refractivity contribution in [1.82, 2.24) is 9.80 Å². The minimum absolute atomic E-state index is 0.00584. The van der Waals surface area contributed by atoms with E-state index >= 15 is 4.39 Å². The smallest absolute Gasteiger partial charge is 0.414 e. The van der Waals surface area contributed by atoms with Crippen LogP contribution in [0.5, 0.6) is 0 Å². The van der Waals surface area contributed by atoms with Crippen LogP contribution in [0.25, 0.3) is 0 Å². The molecule has 1 aliphatic rings. The number of halogens is 1. The fourth-order valence-corrected chi connectivity index (χ4v) is 4.84. The molecule has 0 bridgehead atoms. The largest absolute Gasteiger partial charge is 0.443 e. The lowest BCUT2D eigenvalue weighted by Gasteiger charge is -2.37. The van der Waals surface area contributed by atoms with Crippen molar-refractivity contribution in [3.63, 3.8) is 0 Å². The molecule has 1 aliphatic heterocycles. The summed E-state index contributed by atoms with van der Waals surface area (Å²) in [5, 5.41) is 11.9. The molecule has 4 rings (SSSR count). The molecule has 0 radical (unpaired) electrons. The predicted molar refractivity (Wildman–Crippen MR) is 148 cm³/mol. The summed E-state index contributed by atoms with van der Waals surface area (Å²) in [7, 11) is 0. The van der Waals surface area contributed by atoms with E-state index in [-0.39, 0.29) is 18.7 Å². The normalized spacial score (nSPS) is 15.6. The summed E-state index contributed by atoms with van der Waals surface area (Å²) in [5.74, 6) is -0.471. The molecule has 0 fully saturated rings. The topological polar surface area (TPSA) is 53.0 Å². The van der Waals surface area contributed by atoms with Crippen molar-refractivity contribution in [2.24, 2.45) is 0 Å². The molecule has 200 valence electrons. The minimum atomic E-state index is -1.25. The van der Waals surface area contributed by atoms with E-state index in [9.17, 15) is 9.90 Å². The number of carbonyl (C=O) groups excluding carboxylic acids is 1. The molecule has 38 heavy (non-hydrogen) atoms. The number of aliphatic hydroxyl groups excluding tert-OH is 1. The number of carbonyl (C=O) groups is 1. The van der Waals surface area contributed by atoms with Crippen LogP contribution in [0, 0.1) is 0 Å². The van der Waals surface area contributed by atoms with E-state index in [0.717, 1.165) is 16.7 Å². The third kappa shape index (κ3) is 7.30. The maximum Gasteiger partial charge on any atom is 0.414 e. The lowest BCUT2D eigenvalue weighted by Crippen LogP contribution is -2.48. The van der Waals surface area contributed by atoms with Gasteiger partial charge in [0.2, 0.25) is 0 Å². The van der Waals surface area contributed by atoms with Crippen LogP contribution >= 0.6 is 0 Å². The molecule has 5 nitrogen and oxygen atoms in total. The van der Waals surface area contributed by atoms with Crippen molar-refractivity contribution in [1.29, 1.82) is 0 Å². The summed E-state index contributed by atoms with van der Waals surface area (Å²) in [5.41, 5.74) is 2.46. The average Bonchev–Trinajstić information content (AvgIpc) is 3.29. The molecule has 0 spiro atoms. The zero-order valence-corrected chi connectivity index (χ0v) is 22.4. The zero-order chi connectivity index (χ0) is 27.1. The third-order valence-corrected chi connectivity index (χ3v) is 6.60. The lowest BCUT2D eigenvalue weighted by atomic mass is 9.95. The Balaban J connectivity index is 1.72. The number of rotatable bonds is 9. The van der Waals surface area contributed by atoms with Crippen molar-refractivity contribution in [3.05, 3.63) is 119 Å². The van der Waals surface area contributed by atoms with Crippen LogP contribution in [-0.4, -0.2) is 45.3 Å². The highest BCUT2D eigenvalue weighted by Gasteiger charge is 2.40. The second-order valence-corrected chi connectivity index (χ2v) is 10.8. The fourth-order valence-electron chi connectivity index (χ4n) is 4.84. The van der Waals surface area contributed by atoms with Crippen LogP contribution in [-0.2, 0) is 24.2 Å². The maximum atomic E-state index is 15.3. The Morgan fingerprint density at radius 1 is 0.895 bits per heavy atom. The highest BCUT2D eigenvalue weighted by molar-refractivity contribution is 5.71. The molecule has 0 aliphatic carbocycles. The number of ether oxygens (including phenoxy) is 1. The van der Waals surface area contributed by atoms with Gasteiger partial charge in [-0.05, 0) is 43.9 Å². The minimum Gasteiger partial charge on any atom is -0.443 e. The highest BCUT2D eigenvalue weighted by Crippen LogP contribution is 2.32. The van der Waals surface area contributed by atoms with Crippen LogP contribution in [0.4, 0.5) is 9.18 Å². The van der Waals surface area contributed by atoms with Gasteiger partial charge in [-0.1, -0.05) is 91.0 Å². The van der Waals surface area contributed by atoms with Gasteiger partial charge in [-0.15, -0.1) is 0 Å². The van der Waals surface area contributed by atoms with Gasteiger partial charge in [-0.2, -0.15) is 0 Å². The second-order valence-electron chi connectivity index (χ2n) is 10.8. The maximum absolute atomic E-state index is 15.3. The van der Waals surface area contributed by atoms with Gasteiger partial charge < -0.3 is 9.84 Å². The molecule has 3 aromatic rings. The number of amides is 1. The summed E-state index contributed by atoms with van der Waals surface area (Å²) in [4.78, 5) is 16.5. The number of nitrogens with zero attached hydrogens (tertiary/aromatic N) is 2. The van der Waals surface area contributed by atoms with Crippen molar-refractivity contribution in [2.45, 2.75) is 64.4 Å². The van der Waals surface area contributed by atoms with Crippen molar-refractivity contribution >= 4 is 6.09 Å². The molecular weight excluding hydrogens is 479 g/mol. The molecular formula is C32H37FN2O3. The van der Waals surface area contributed by atoms with Crippen LogP contribution in [0.15, 0.2) is 103 Å². The Hall–Kier alpha value is -3.48. The van der Waals surface area contributed by atoms with Crippen LogP contribution in [0.1, 0.15) is 43.9 Å². The molecule has 1 amide bonds. The number of aliphatic hydroxyl groups is 1. The first-order valence-corrected chi connectivity index (χ1v) is 13.1. The molecule has 0 saturated heterocycles. The Kier molecular flexibility index (Phi) is 8.97. The van der Waals surface area contributed by atoms with Gasteiger partial charge in [0, 0.05) is 32.1 Å². The highest BCUT2D eigenvalue weighted by atomic mass is 19.1. The number of benzene rings is 3. The summed E-state index contributed by atoms with van der Waals surface area (Å²) >= 11 is 0. The first-order valence-electron chi connectivity index (χ1n) is 13.1. The van der Waals surface area contributed by atoms with E-state index in [1.54, 1.807) is 20.8 Å². The first kappa shape index (κ1) is 27.6. The van der Waals surface area contributed by atoms with Gasteiger partial charge >= 0.3 is 6.09 Å². The molecule has 3 aromatic carbocycles.